The van der Waals surface area contributed by atoms with Crippen molar-refractivity contribution in [2.24, 2.45) is 0 Å². The molecular formula is C19H21ClFN3O2. The molecule has 7 heteroatoms. The molecule has 1 N–H and O–H groups in total. The van der Waals surface area contributed by atoms with Crippen LogP contribution in [0.5, 0.6) is 5.75 Å². The summed E-state index contributed by atoms with van der Waals surface area (Å²) >= 11 is 5.98. The minimum Gasteiger partial charge on any atom is -0.495 e. The van der Waals surface area contributed by atoms with E-state index in [0.29, 0.717) is 48.3 Å². The van der Waals surface area contributed by atoms with Crippen LogP contribution in [-0.2, 0) is 4.79 Å². The summed E-state index contributed by atoms with van der Waals surface area (Å²) in [4.78, 5) is 16.4. The lowest BCUT2D eigenvalue weighted by molar-refractivity contribution is -0.117. The molecule has 0 aromatic heterocycles. The largest absolute Gasteiger partial charge is 0.495 e. The predicted octanol–water partition coefficient (Wildman–Crippen LogP) is 3.25. The Bertz CT molecular complexity index is 779. The number of carbonyl (C=O) groups excluding carboxylic acids is 1. The van der Waals surface area contributed by atoms with Gasteiger partial charge in [-0.05, 0) is 30.3 Å². The first-order chi connectivity index (χ1) is 12.6. The van der Waals surface area contributed by atoms with Crippen LogP contribution < -0.4 is 15.0 Å². The molecular weight excluding hydrogens is 357 g/mol. The molecule has 1 fully saturated rings. The smallest absolute Gasteiger partial charge is 0.238 e. The molecule has 1 saturated heterocycles. The number of nitrogens with one attached hydrogen (secondary N) is 1. The number of nitrogens with zero attached hydrogens (tertiary/aromatic N) is 2. The Morgan fingerprint density at radius 2 is 1.92 bits per heavy atom. The first kappa shape index (κ1) is 18.5. The minimum atomic E-state index is -0.216. The lowest BCUT2D eigenvalue weighted by atomic mass is 10.2. The fourth-order valence-corrected chi connectivity index (χ4v) is 3.20. The maximum atomic E-state index is 13.9. The molecule has 1 aliphatic rings. The van der Waals surface area contributed by atoms with Crippen LogP contribution in [0.15, 0.2) is 42.5 Å². The van der Waals surface area contributed by atoms with Gasteiger partial charge in [0.2, 0.25) is 5.91 Å². The Hall–Kier alpha value is -2.31. The highest BCUT2D eigenvalue weighted by atomic mass is 35.5. The maximum Gasteiger partial charge on any atom is 0.238 e. The Balaban J connectivity index is 1.54. The SMILES string of the molecule is COc1ccc(Cl)cc1NC(=O)CN1CCN(c2ccccc2F)CC1. The molecule has 0 atom stereocenters. The van der Waals surface area contributed by atoms with Gasteiger partial charge in [0.05, 0.1) is 25.0 Å². The molecule has 0 unspecified atom stereocenters. The van der Waals surface area contributed by atoms with E-state index in [2.05, 4.69) is 5.32 Å². The van der Waals surface area contributed by atoms with Gasteiger partial charge in [-0.3, -0.25) is 9.69 Å². The van der Waals surface area contributed by atoms with Crippen molar-refractivity contribution in [3.63, 3.8) is 0 Å². The van der Waals surface area contributed by atoms with E-state index in [-0.39, 0.29) is 18.3 Å². The van der Waals surface area contributed by atoms with E-state index in [1.54, 1.807) is 37.4 Å². The van der Waals surface area contributed by atoms with E-state index in [1.165, 1.54) is 6.07 Å². The monoisotopic (exact) mass is 377 g/mol. The van der Waals surface area contributed by atoms with Crippen molar-refractivity contribution in [1.82, 2.24) is 4.90 Å². The highest BCUT2D eigenvalue weighted by molar-refractivity contribution is 6.31. The molecule has 2 aromatic rings. The van der Waals surface area contributed by atoms with Gasteiger partial charge in [0.25, 0.3) is 0 Å². The zero-order valence-corrected chi connectivity index (χ0v) is 15.3. The third kappa shape index (κ3) is 4.45. The molecule has 1 aliphatic heterocycles. The Morgan fingerprint density at radius 1 is 1.19 bits per heavy atom. The number of methoxy groups -OCH3 is 1. The van der Waals surface area contributed by atoms with Gasteiger partial charge in [-0.2, -0.15) is 0 Å². The van der Waals surface area contributed by atoms with E-state index >= 15 is 0 Å². The average molecular weight is 378 g/mol. The summed E-state index contributed by atoms with van der Waals surface area (Å²) in [5.74, 6) is 0.212. The zero-order chi connectivity index (χ0) is 18.5. The number of ether oxygens (including phenoxy) is 1. The van der Waals surface area contributed by atoms with Crippen molar-refractivity contribution in [1.29, 1.82) is 0 Å². The summed E-state index contributed by atoms with van der Waals surface area (Å²) in [6.45, 7) is 2.99. The molecule has 0 saturated carbocycles. The number of hydrogen-bond acceptors (Lipinski definition) is 4. The van der Waals surface area contributed by atoms with Gasteiger partial charge in [-0.25, -0.2) is 4.39 Å². The number of anilines is 2. The molecule has 1 heterocycles. The van der Waals surface area contributed by atoms with E-state index < -0.39 is 0 Å². The zero-order valence-electron chi connectivity index (χ0n) is 14.5. The topological polar surface area (TPSA) is 44.8 Å². The standard InChI is InChI=1S/C19H21ClFN3O2/c1-26-18-7-6-14(20)12-16(18)22-19(25)13-23-8-10-24(11-9-23)17-5-3-2-4-15(17)21/h2-7,12H,8-11,13H2,1H3,(H,22,25). The second-order valence-corrected chi connectivity index (χ2v) is 6.54. The van der Waals surface area contributed by atoms with Crippen LogP contribution in [0.2, 0.25) is 5.02 Å². The van der Waals surface area contributed by atoms with E-state index in [9.17, 15) is 9.18 Å². The van der Waals surface area contributed by atoms with Crippen LogP contribution in [0, 0.1) is 5.82 Å². The van der Waals surface area contributed by atoms with Gasteiger partial charge >= 0.3 is 0 Å². The van der Waals surface area contributed by atoms with Crippen LogP contribution in [0.4, 0.5) is 15.8 Å². The van der Waals surface area contributed by atoms with Crippen LogP contribution in [0.25, 0.3) is 0 Å². The van der Waals surface area contributed by atoms with Crippen molar-refractivity contribution in [2.45, 2.75) is 0 Å². The molecule has 26 heavy (non-hydrogen) atoms. The van der Waals surface area contributed by atoms with Gasteiger partial charge in [-0.15, -0.1) is 0 Å². The first-order valence-corrected chi connectivity index (χ1v) is 8.80. The normalized spacial score (nSPS) is 15.0. The summed E-state index contributed by atoms with van der Waals surface area (Å²) in [6, 6.07) is 11.8. The molecule has 138 valence electrons. The summed E-state index contributed by atoms with van der Waals surface area (Å²) in [5, 5.41) is 3.37. The lowest BCUT2D eigenvalue weighted by Gasteiger charge is -2.35. The number of para-hydroxylation sites is 1. The quantitative estimate of drug-likeness (QED) is 0.868. The number of amides is 1. The number of carbonyl (C=O) groups is 1. The molecule has 5 nitrogen and oxygen atoms in total. The highest BCUT2D eigenvalue weighted by Gasteiger charge is 2.21. The Kier molecular flexibility index (Phi) is 5.96. The van der Waals surface area contributed by atoms with Crippen molar-refractivity contribution < 1.29 is 13.9 Å². The molecule has 0 radical (unpaired) electrons. The van der Waals surface area contributed by atoms with Crippen LogP contribution in [0.1, 0.15) is 0 Å². The number of halogens is 2. The first-order valence-electron chi connectivity index (χ1n) is 8.42. The number of rotatable bonds is 5. The van der Waals surface area contributed by atoms with E-state index in [0.717, 1.165) is 0 Å². The van der Waals surface area contributed by atoms with Crippen LogP contribution in [-0.4, -0.2) is 50.6 Å². The molecule has 0 bridgehead atoms. The second-order valence-electron chi connectivity index (χ2n) is 6.11. The van der Waals surface area contributed by atoms with Crippen LogP contribution in [0.3, 0.4) is 0 Å². The minimum absolute atomic E-state index is 0.134. The number of benzene rings is 2. The van der Waals surface area contributed by atoms with Gasteiger partial charge in [0, 0.05) is 31.2 Å². The number of piperazine rings is 1. The van der Waals surface area contributed by atoms with Crippen LogP contribution >= 0.6 is 11.6 Å². The van der Waals surface area contributed by atoms with Crippen molar-refractivity contribution in [3.05, 3.63) is 53.3 Å². The number of hydrogen-bond donors (Lipinski definition) is 1. The molecule has 0 spiro atoms. The van der Waals surface area contributed by atoms with Crippen molar-refractivity contribution >= 4 is 28.9 Å². The highest BCUT2D eigenvalue weighted by Crippen LogP contribution is 2.27. The fourth-order valence-electron chi connectivity index (χ4n) is 3.03. The van der Waals surface area contributed by atoms with E-state index in [1.807, 2.05) is 15.9 Å². The van der Waals surface area contributed by atoms with E-state index in [4.69, 9.17) is 16.3 Å². The fraction of sp³-hybridized carbons (Fsp3) is 0.316. The summed E-state index contributed by atoms with van der Waals surface area (Å²) < 4.78 is 19.1. The third-order valence-corrected chi connectivity index (χ3v) is 4.60. The summed E-state index contributed by atoms with van der Waals surface area (Å²) in [6.07, 6.45) is 0. The average Bonchev–Trinajstić information content (AvgIpc) is 2.63. The Labute approximate surface area is 157 Å². The van der Waals surface area contributed by atoms with Gasteiger partial charge in [0.1, 0.15) is 11.6 Å². The van der Waals surface area contributed by atoms with Gasteiger partial charge in [0.15, 0.2) is 0 Å². The summed E-state index contributed by atoms with van der Waals surface area (Å²) in [5.41, 5.74) is 1.16. The molecule has 2 aromatic carbocycles. The molecule has 0 aliphatic carbocycles. The predicted molar refractivity (Wildman–Crippen MR) is 102 cm³/mol. The summed E-state index contributed by atoms with van der Waals surface area (Å²) in [7, 11) is 1.54. The second kappa shape index (κ2) is 8.38. The third-order valence-electron chi connectivity index (χ3n) is 4.37. The van der Waals surface area contributed by atoms with Crippen molar-refractivity contribution in [3.8, 4) is 5.75 Å². The molecule has 1 amide bonds. The van der Waals surface area contributed by atoms with Gasteiger partial charge < -0.3 is 15.0 Å². The lowest BCUT2D eigenvalue weighted by Crippen LogP contribution is -2.48. The van der Waals surface area contributed by atoms with Gasteiger partial charge in [-0.1, -0.05) is 23.7 Å². The molecule has 3 rings (SSSR count). The maximum absolute atomic E-state index is 13.9. The Morgan fingerprint density at radius 3 is 2.62 bits per heavy atom. The van der Waals surface area contributed by atoms with Crippen molar-refractivity contribution in [2.75, 3.05) is 50.1 Å².